The molecular weight excluding hydrogens is 236 g/mol. The molecule has 0 aliphatic rings. The van der Waals surface area contributed by atoms with E-state index in [1.54, 1.807) is 0 Å². The average molecular weight is 243 g/mol. The number of thiol groups is 1. The molecule has 0 aliphatic heterocycles. The second kappa shape index (κ2) is 5.01. The van der Waals surface area contributed by atoms with Crippen LogP contribution >= 0.6 is 24.2 Å². The highest BCUT2D eigenvalue weighted by Gasteiger charge is 2.14. The van der Waals surface area contributed by atoms with Crippen molar-refractivity contribution in [1.82, 2.24) is 4.98 Å². The van der Waals surface area contributed by atoms with E-state index in [1.165, 1.54) is 13.0 Å². The van der Waals surface area contributed by atoms with E-state index in [1.807, 2.05) is 0 Å². The zero-order chi connectivity index (χ0) is 11.4. The van der Waals surface area contributed by atoms with Crippen LogP contribution in [0.15, 0.2) is 6.07 Å². The van der Waals surface area contributed by atoms with Gasteiger partial charge in [-0.1, -0.05) is 23.4 Å². The Bertz CT molecular complexity index is 465. The molecule has 6 heteroatoms. The average Bonchev–Trinajstić information content (AvgIpc) is 2.16. The molecule has 15 heavy (non-hydrogen) atoms. The molecule has 0 fully saturated rings. The number of aryl methyl sites for hydroxylation is 1. The maximum absolute atomic E-state index is 10.6. The van der Waals surface area contributed by atoms with Crippen molar-refractivity contribution in [2.45, 2.75) is 6.92 Å². The summed E-state index contributed by atoms with van der Waals surface area (Å²) in [5.41, 5.74) is 0.548. The highest BCUT2D eigenvalue weighted by molar-refractivity contribution is 7.80. The zero-order valence-electron chi connectivity index (χ0n) is 7.82. The predicted molar refractivity (Wildman–Crippen MR) is 61.4 cm³/mol. The first-order valence-corrected chi connectivity index (χ1v) is 4.98. The fraction of sp³-hybridized carbons (Fsp3) is 0.222. The lowest BCUT2D eigenvalue weighted by Gasteiger charge is -1.99. The molecule has 0 radical (unpaired) electrons. The van der Waals surface area contributed by atoms with Crippen molar-refractivity contribution in [3.8, 4) is 11.8 Å². The number of halogens is 1. The topological polar surface area (TPSA) is 56.0 Å². The van der Waals surface area contributed by atoms with Crippen molar-refractivity contribution < 1.29 is 4.92 Å². The lowest BCUT2D eigenvalue weighted by Crippen LogP contribution is -1.96. The van der Waals surface area contributed by atoms with Crippen LogP contribution in [0, 0.1) is 28.9 Å². The summed E-state index contributed by atoms with van der Waals surface area (Å²) in [6.45, 7) is 1.53. The van der Waals surface area contributed by atoms with Crippen LogP contribution in [0.25, 0.3) is 0 Å². The van der Waals surface area contributed by atoms with Gasteiger partial charge >= 0.3 is 0 Å². The second-order valence-electron chi connectivity index (χ2n) is 2.65. The van der Waals surface area contributed by atoms with Gasteiger partial charge in [-0.25, -0.2) is 4.98 Å². The van der Waals surface area contributed by atoms with Gasteiger partial charge in [-0.05, 0) is 6.92 Å². The summed E-state index contributed by atoms with van der Waals surface area (Å²) in [6.07, 6.45) is 0. The predicted octanol–water partition coefficient (Wildman–Crippen LogP) is 2.23. The smallest absolute Gasteiger partial charge is 0.258 e. The monoisotopic (exact) mass is 242 g/mol. The van der Waals surface area contributed by atoms with Gasteiger partial charge in [-0.3, -0.25) is 10.1 Å². The number of rotatable bonds is 1. The summed E-state index contributed by atoms with van der Waals surface area (Å²) >= 11 is 9.68. The van der Waals surface area contributed by atoms with E-state index in [0.717, 1.165) is 0 Å². The van der Waals surface area contributed by atoms with Crippen molar-refractivity contribution in [3.63, 3.8) is 0 Å². The van der Waals surface area contributed by atoms with E-state index in [-0.39, 0.29) is 16.5 Å². The lowest BCUT2D eigenvalue weighted by molar-refractivity contribution is -0.385. The molecule has 0 bridgehead atoms. The summed E-state index contributed by atoms with van der Waals surface area (Å²) in [4.78, 5) is 14.0. The van der Waals surface area contributed by atoms with Gasteiger partial charge < -0.3 is 0 Å². The van der Waals surface area contributed by atoms with Crippen LogP contribution in [-0.4, -0.2) is 15.7 Å². The normalized spacial score (nSPS) is 9.27. The minimum absolute atomic E-state index is 0.0807. The quantitative estimate of drug-likeness (QED) is 0.270. The van der Waals surface area contributed by atoms with Crippen LogP contribution in [-0.2, 0) is 0 Å². The Morgan fingerprint density at radius 2 is 2.40 bits per heavy atom. The molecular formula is C9H7ClN2O2S. The van der Waals surface area contributed by atoms with Gasteiger partial charge in [0.2, 0.25) is 0 Å². The number of pyridine rings is 1. The van der Waals surface area contributed by atoms with Gasteiger partial charge in [0.1, 0.15) is 10.8 Å². The third-order valence-corrected chi connectivity index (χ3v) is 2.08. The van der Waals surface area contributed by atoms with Crippen LogP contribution in [0.5, 0.6) is 0 Å². The fourth-order valence-electron chi connectivity index (χ4n) is 0.973. The van der Waals surface area contributed by atoms with E-state index < -0.39 is 4.92 Å². The summed E-state index contributed by atoms with van der Waals surface area (Å²) in [6, 6.07) is 1.32. The molecule has 1 aromatic rings. The van der Waals surface area contributed by atoms with E-state index >= 15 is 0 Å². The van der Waals surface area contributed by atoms with Crippen molar-refractivity contribution in [2.24, 2.45) is 0 Å². The molecule has 0 unspecified atom stereocenters. The molecule has 0 spiro atoms. The van der Waals surface area contributed by atoms with Gasteiger partial charge in [-0.2, -0.15) is 12.6 Å². The third-order valence-electron chi connectivity index (χ3n) is 1.64. The molecule has 4 nitrogen and oxygen atoms in total. The Balaban J connectivity index is 3.29. The van der Waals surface area contributed by atoms with Crippen molar-refractivity contribution >= 4 is 29.9 Å². The number of aromatic nitrogens is 1. The van der Waals surface area contributed by atoms with Crippen LogP contribution in [0.3, 0.4) is 0 Å². The molecule has 0 aromatic carbocycles. The highest BCUT2D eigenvalue weighted by Crippen LogP contribution is 2.22. The minimum atomic E-state index is -0.509. The van der Waals surface area contributed by atoms with Gasteiger partial charge in [0.25, 0.3) is 5.69 Å². The van der Waals surface area contributed by atoms with Crippen LogP contribution < -0.4 is 0 Å². The minimum Gasteiger partial charge on any atom is -0.258 e. The first-order valence-electron chi connectivity index (χ1n) is 3.97. The zero-order valence-corrected chi connectivity index (χ0v) is 9.47. The van der Waals surface area contributed by atoms with Gasteiger partial charge in [0.15, 0.2) is 0 Å². The van der Waals surface area contributed by atoms with Crippen LogP contribution in [0.4, 0.5) is 5.69 Å². The Labute approximate surface area is 97.2 Å². The number of nitrogens with zero attached hydrogens (tertiary/aromatic N) is 2. The maximum atomic E-state index is 10.6. The third kappa shape index (κ3) is 2.85. The van der Waals surface area contributed by atoms with Crippen LogP contribution in [0.2, 0.25) is 5.15 Å². The number of hydrogen-bond donors (Lipinski definition) is 1. The van der Waals surface area contributed by atoms with Gasteiger partial charge in [0, 0.05) is 6.07 Å². The molecule has 1 rings (SSSR count). The molecule has 78 valence electrons. The summed E-state index contributed by atoms with van der Waals surface area (Å²) in [5.74, 6) is 5.68. The number of nitro groups is 1. The van der Waals surface area contributed by atoms with Crippen molar-refractivity contribution in [3.05, 3.63) is 32.6 Å². The first kappa shape index (κ1) is 11.8. The van der Waals surface area contributed by atoms with E-state index in [2.05, 4.69) is 29.5 Å². The molecule has 0 saturated carbocycles. The Morgan fingerprint density at radius 3 is 2.93 bits per heavy atom. The molecule has 1 aromatic heterocycles. The Kier molecular flexibility index (Phi) is 3.95. The molecule has 0 N–H and O–H groups in total. The lowest BCUT2D eigenvalue weighted by atomic mass is 10.2. The van der Waals surface area contributed by atoms with Crippen LogP contribution in [0.1, 0.15) is 11.3 Å². The van der Waals surface area contributed by atoms with Gasteiger partial charge in [-0.15, -0.1) is 0 Å². The van der Waals surface area contributed by atoms with Gasteiger partial charge in [0.05, 0.1) is 16.2 Å². The summed E-state index contributed by atoms with van der Waals surface area (Å²) in [7, 11) is 0. The number of hydrogen-bond acceptors (Lipinski definition) is 4. The highest BCUT2D eigenvalue weighted by atomic mass is 35.5. The second-order valence-corrected chi connectivity index (χ2v) is 3.32. The Morgan fingerprint density at radius 1 is 1.73 bits per heavy atom. The first-order chi connectivity index (χ1) is 7.06. The standard InChI is InChI=1S/C9H7ClN2O2S/c1-6-8(12(13)14)5-7(3-2-4-15)9(10)11-6/h5,15H,4H2,1H3. The maximum Gasteiger partial charge on any atom is 0.291 e. The van der Waals surface area contributed by atoms with E-state index in [4.69, 9.17) is 11.6 Å². The summed E-state index contributed by atoms with van der Waals surface area (Å²) in [5, 5.41) is 10.8. The molecule has 0 aliphatic carbocycles. The largest absolute Gasteiger partial charge is 0.291 e. The Hall–Kier alpha value is -1.25. The molecule has 1 heterocycles. The SMILES string of the molecule is Cc1nc(Cl)c(C#CCS)cc1[N+](=O)[O-]. The van der Waals surface area contributed by atoms with E-state index in [9.17, 15) is 10.1 Å². The van der Waals surface area contributed by atoms with Crippen molar-refractivity contribution in [2.75, 3.05) is 5.75 Å². The van der Waals surface area contributed by atoms with E-state index in [0.29, 0.717) is 11.3 Å². The van der Waals surface area contributed by atoms with Crippen molar-refractivity contribution in [1.29, 1.82) is 0 Å². The molecule has 0 amide bonds. The fourth-order valence-corrected chi connectivity index (χ4v) is 1.28. The summed E-state index contributed by atoms with van der Waals surface area (Å²) < 4.78 is 0. The molecule has 0 atom stereocenters. The molecule has 0 saturated heterocycles.